The van der Waals surface area contributed by atoms with Crippen molar-refractivity contribution in [2.45, 2.75) is 33.0 Å². The second kappa shape index (κ2) is 3.98. The fourth-order valence-corrected chi connectivity index (χ4v) is 1.14. The predicted molar refractivity (Wildman–Crippen MR) is 44.6 cm³/mol. The lowest BCUT2D eigenvalue weighted by molar-refractivity contribution is -0.129. The van der Waals surface area contributed by atoms with E-state index in [9.17, 15) is 13.2 Å². The summed E-state index contributed by atoms with van der Waals surface area (Å²) in [7, 11) is 0. The Morgan fingerprint density at radius 3 is 2.57 bits per heavy atom. The third kappa shape index (κ3) is 3.35. The number of hydrogen-bond donors (Lipinski definition) is 0. The van der Waals surface area contributed by atoms with Crippen LogP contribution in [0.5, 0.6) is 0 Å². The summed E-state index contributed by atoms with van der Waals surface area (Å²) in [5.74, 6) is 0.254. The second-order valence-corrected chi connectivity index (χ2v) is 3.59. The molecule has 0 aliphatic carbocycles. The van der Waals surface area contributed by atoms with E-state index in [1.54, 1.807) is 0 Å². The molecule has 0 bridgehead atoms. The van der Waals surface area contributed by atoms with Crippen molar-refractivity contribution in [3.8, 4) is 0 Å². The Balaban J connectivity index is 2.72. The second-order valence-electron chi connectivity index (χ2n) is 3.59. The Hall–Kier alpha value is -1.07. The molecule has 80 valence electrons. The van der Waals surface area contributed by atoms with Gasteiger partial charge in [0.2, 0.25) is 0 Å². The van der Waals surface area contributed by atoms with E-state index in [0.29, 0.717) is 6.54 Å². The van der Waals surface area contributed by atoms with Crippen molar-refractivity contribution in [1.29, 1.82) is 0 Å². The van der Waals surface area contributed by atoms with Crippen LogP contribution in [0.3, 0.4) is 0 Å². The summed E-state index contributed by atoms with van der Waals surface area (Å²) in [4.78, 5) is 0. The standard InChI is InChI=1S/C8H12F3N3/c1-6(2)4-14-5-12-13-7(14)3-8(9,10)11/h5-6H,3-4H2,1-2H3. The molecule has 14 heavy (non-hydrogen) atoms. The Bertz CT molecular complexity index is 290. The van der Waals surface area contributed by atoms with E-state index in [1.807, 2.05) is 13.8 Å². The van der Waals surface area contributed by atoms with Gasteiger partial charge in [-0.25, -0.2) is 0 Å². The smallest absolute Gasteiger partial charge is 0.317 e. The molecule has 1 rings (SSSR count). The van der Waals surface area contributed by atoms with Gasteiger partial charge in [0.15, 0.2) is 0 Å². The van der Waals surface area contributed by atoms with Gasteiger partial charge in [0.1, 0.15) is 18.6 Å². The molecule has 0 aliphatic heterocycles. The fourth-order valence-electron chi connectivity index (χ4n) is 1.14. The summed E-state index contributed by atoms with van der Waals surface area (Å²) >= 11 is 0. The van der Waals surface area contributed by atoms with E-state index in [4.69, 9.17) is 0 Å². The summed E-state index contributed by atoms with van der Waals surface area (Å²) in [6.45, 7) is 4.37. The minimum Gasteiger partial charge on any atom is -0.317 e. The third-order valence-corrected chi connectivity index (χ3v) is 1.62. The first-order valence-corrected chi connectivity index (χ1v) is 4.32. The van der Waals surface area contributed by atoms with Gasteiger partial charge in [0, 0.05) is 6.54 Å². The first-order valence-electron chi connectivity index (χ1n) is 4.32. The Morgan fingerprint density at radius 2 is 2.07 bits per heavy atom. The fraction of sp³-hybridized carbons (Fsp3) is 0.750. The highest BCUT2D eigenvalue weighted by atomic mass is 19.4. The molecule has 0 saturated heterocycles. The molecule has 6 heteroatoms. The Labute approximate surface area is 79.9 Å². The SMILES string of the molecule is CC(C)Cn1cnnc1CC(F)(F)F. The van der Waals surface area contributed by atoms with Crippen LogP contribution in [0.15, 0.2) is 6.33 Å². The number of rotatable bonds is 3. The van der Waals surface area contributed by atoms with E-state index in [0.717, 1.165) is 0 Å². The van der Waals surface area contributed by atoms with Crippen molar-refractivity contribution in [1.82, 2.24) is 14.8 Å². The van der Waals surface area contributed by atoms with Gasteiger partial charge in [-0.2, -0.15) is 13.2 Å². The lowest BCUT2D eigenvalue weighted by atomic mass is 10.2. The van der Waals surface area contributed by atoms with E-state index >= 15 is 0 Å². The minimum absolute atomic E-state index is 0.0220. The molecule has 0 unspecified atom stereocenters. The predicted octanol–water partition coefficient (Wildman–Crippen LogP) is 2.04. The molecule has 0 atom stereocenters. The van der Waals surface area contributed by atoms with E-state index < -0.39 is 12.6 Å². The van der Waals surface area contributed by atoms with Crippen LogP contribution >= 0.6 is 0 Å². The first kappa shape index (κ1) is 11.0. The number of aromatic nitrogens is 3. The molecule has 0 aliphatic rings. The van der Waals surface area contributed by atoms with Crippen LogP contribution in [-0.2, 0) is 13.0 Å². The minimum atomic E-state index is -4.22. The molecule has 0 amide bonds. The molecule has 0 N–H and O–H groups in total. The zero-order valence-corrected chi connectivity index (χ0v) is 8.04. The molecular formula is C8H12F3N3. The lowest BCUT2D eigenvalue weighted by Gasteiger charge is -2.10. The van der Waals surface area contributed by atoms with Crippen molar-refractivity contribution in [2.24, 2.45) is 5.92 Å². The van der Waals surface area contributed by atoms with Gasteiger partial charge < -0.3 is 4.57 Å². The summed E-state index contributed by atoms with van der Waals surface area (Å²) in [5, 5.41) is 6.92. The number of nitrogens with zero attached hydrogens (tertiary/aromatic N) is 3. The average Bonchev–Trinajstić information content (AvgIpc) is 2.32. The normalized spacial score (nSPS) is 12.4. The van der Waals surface area contributed by atoms with Crippen LogP contribution in [0.25, 0.3) is 0 Å². The van der Waals surface area contributed by atoms with Gasteiger partial charge in [-0.15, -0.1) is 10.2 Å². The van der Waals surface area contributed by atoms with Crippen LogP contribution in [0.4, 0.5) is 13.2 Å². The number of halogens is 3. The highest BCUT2D eigenvalue weighted by Crippen LogP contribution is 2.20. The van der Waals surface area contributed by atoms with Crippen LogP contribution < -0.4 is 0 Å². The molecule has 0 fully saturated rings. The van der Waals surface area contributed by atoms with Crippen molar-refractivity contribution in [2.75, 3.05) is 0 Å². The Kier molecular flexibility index (Phi) is 3.13. The lowest BCUT2D eigenvalue weighted by Crippen LogP contribution is -2.17. The molecule has 0 saturated carbocycles. The van der Waals surface area contributed by atoms with Gasteiger partial charge in [0.05, 0.1) is 0 Å². The molecule has 0 radical (unpaired) electrons. The zero-order valence-electron chi connectivity index (χ0n) is 8.04. The summed E-state index contributed by atoms with van der Waals surface area (Å²) in [6, 6.07) is 0. The molecule has 3 nitrogen and oxygen atoms in total. The maximum atomic E-state index is 12.1. The Morgan fingerprint density at radius 1 is 1.43 bits per heavy atom. The molecule has 1 aromatic heterocycles. The van der Waals surface area contributed by atoms with Gasteiger partial charge in [-0.3, -0.25) is 0 Å². The monoisotopic (exact) mass is 207 g/mol. The first-order chi connectivity index (χ1) is 6.38. The largest absolute Gasteiger partial charge is 0.396 e. The molecule has 0 spiro atoms. The number of hydrogen-bond acceptors (Lipinski definition) is 2. The molecule has 0 aromatic carbocycles. The van der Waals surface area contributed by atoms with Crippen molar-refractivity contribution < 1.29 is 13.2 Å². The maximum absolute atomic E-state index is 12.1. The molecule has 1 aromatic rings. The highest BCUT2D eigenvalue weighted by Gasteiger charge is 2.30. The molecular weight excluding hydrogens is 195 g/mol. The summed E-state index contributed by atoms with van der Waals surface area (Å²) in [6.07, 6.45) is -3.90. The van der Waals surface area contributed by atoms with Crippen LogP contribution in [0.1, 0.15) is 19.7 Å². The summed E-state index contributed by atoms with van der Waals surface area (Å²) < 4.78 is 37.6. The van der Waals surface area contributed by atoms with Crippen LogP contribution in [0.2, 0.25) is 0 Å². The van der Waals surface area contributed by atoms with Gasteiger partial charge in [0.25, 0.3) is 0 Å². The van der Waals surface area contributed by atoms with Crippen molar-refractivity contribution >= 4 is 0 Å². The number of alkyl halides is 3. The van der Waals surface area contributed by atoms with E-state index in [-0.39, 0.29) is 11.7 Å². The van der Waals surface area contributed by atoms with E-state index in [2.05, 4.69) is 10.2 Å². The van der Waals surface area contributed by atoms with E-state index in [1.165, 1.54) is 10.9 Å². The zero-order chi connectivity index (χ0) is 10.8. The quantitative estimate of drug-likeness (QED) is 0.759. The maximum Gasteiger partial charge on any atom is 0.396 e. The third-order valence-electron chi connectivity index (χ3n) is 1.62. The van der Waals surface area contributed by atoms with Crippen molar-refractivity contribution in [3.05, 3.63) is 12.2 Å². The van der Waals surface area contributed by atoms with Gasteiger partial charge in [-0.1, -0.05) is 13.8 Å². The van der Waals surface area contributed by atoms with Crippen LogP contribution in [-0.4, -0.2) is 20.9 Å². The van der Waals surface area contributed by atoms with Gasteiger partial charge in [-0.05, 0) is 5.92 Å². The topological polar surface area (TPSA) is 30.7 Å². The van der Waals surface area contributed by atoms with Crippen molar-refractivity contribution in [3.63, 3.8) is 0 Å². The van der Waals surface area contributed by atoms with Gasteiger partial charge >= 0.3 is 6.18 Å². The average molecular weight is 207 g/mol. The summed E-state index contributed by atoms with van der Waals surface area (Å²) in [5.41, 5.74) is 0. The van der Waals surface area contributed by atoms with Crippen LogP contribution in [0, 0.1) is 5.92 Å². The molecule has 1 heterocycles. The highest BCUT2D eigenvalue weighted by molar-refractivity contribution is 4.88.